The van der Waals surface area contributed by atoms with E-state index in [1.807, 2.05) is 0 Å². The zero-order chi connectivity index (χ0) is 21.1. The highest BCUT2D eigenvalue weighted by atomic mass is 16.7. The first-order valence-corrected chi connectivity index (χ1v) is 9.48. The number of nitrogens with zero attached hydrogens (tertiary/aromatic N) is 1. The van der Waals surface area contributed by atoms with Crippen LogP contribution in [0.5, 0.6) is 17.2 Å². The predicted molar refractivity (Wildman–Crippen MR) is 106 cm³/mol. The summed E-state index contributed by atoms with van der Waals surface area (Å²) < 4.78 is 15.8. The Morgan fingerprint density at radius 1 is 1.20 bits per heavy atom. The topological polar surface area (TPSA) is 106 Å². The van der Waals surface area contributed by atoms with Crippen LogP contribution in [-0.4, -0.2) is 42.7 Å². The fourth-order valence-corrected chi connectivity index (χ4v) is 3.38. The minimum absolute atomic E-state index is 0.0760. The number of ether oxygens (including phenoxy) is 3. The predicted octanol–water partition coefficient (Wildman–Crippen LogP) is 2.26. The zero-order valence-electron chi connectivity index (χ0n) is 16.3. The molecule has 0 aromatic heterocycles. The Bertz CT molecular complexity index is 992. The number of hydrogen-bond donors (Lipinski definition) is 2. The van der Waals surface area contributed by atoms with Crippen LogP contribution in [0.3, 0.4) is 0 Å². The van der Waals surface area contributed by atoms with Gasteiger partial charge in [-0.2, -0.15) is 0 Å². The summed E-state index contributed by atoms with van der Waals surface area (Å²) >= 11 is 0. The average Bonchev–Trinajstić information content (AvgIpc) is 3.32. The highest BCUT2D eigenvalue weighted by Gasteiger charge is 2.38. The largest absolute Gasteiger partial charge is 0.495 e. The molecule has 2 aliphatic rings. The summed E-state index contributed by atoms with van der Waals surface area (Å²) in [5, 5.41) is 5.40. The van der Waals surface area contributed by atoms with Gasteiger partial charge in [0.2, 0.25) is 12.7 Å². The maximum Gasteiger partial charge on any atom is 0.325 e. The molecule has 156 valence electrons. The van der Waals surface area contributed by atoms with E-state index in [9.17, 15) is 14.4 Å². The molecule has 0 unspecified atom stereocenters. The number of nitrogens with one attached hydrogen (secondary N) is 2. The molecule has 30 heavy (non-hydrogen) atoms. The Morgan fingerprint density at radius 3 is 2.83 bits per heavy atom. The first kappa shape index (κ1) is 19.6. The van der Waals surface area contributed by atoms with Crippen LogP contribution in [0.25, 0.3) is 0 Å². The number of rotatable bonds is 7. The monoisotopic (exact) mass is 411 g/mol. The maximum atomic E-state index is 12.7. The molecule has 2 N–H and O–H groups in total. The third-order valence-electron chi connectivity index (χ3n) is 4.93. The summed E-state index contributed by atoms with van der Waals surface area (Å²) in [7, 11) is 1.52. The van der Waals surface area contributed by atoms with Gasteiger partial charge in [-0.1, -0.05) is 18.2 Å². The van der Waals surface area contributed by atoms with Crippen LogP contribution >= 0.6 is 0 Å². The summed E-state index contributed by atoms with van der Waals surface area (Å²) in [6.45, 7) is 0.270. The fourth-order valence-electron chi connectivity index (χ4n) is 3.38. The van der Waals surface area contributed by atoms with Gasteiger partial charge in [0, 0.05) is 6.42 Å². The molecule has 0 radical (unpaired) electrons. The van der Waals surface area contributed by atoms with Gasteiger partial charge in [-0.25, -0.2) is 4.79 Å². The van der Waals surface area contributed by atoms with Gasteiger partial charge in [-0.3, -0.25) is 14.5 Å². The van der Waals surface area contributed by atoms with Crippen molar-refractivity contribution in [3.05, 3.63) is 48.0 Å². The van der Waals surface area contributed by atoms with Crippen LogP contribution in [0.1, 0.15) is 18.4 Å². The molecule has 2 aromatic carbocycles. The van der Waals surface area contributed by atoms with Gasteiger partial charge < -0.3 is 24.8 Å². The van der Waals surface area contributed by atoms with Gasteiger partial charge in [0.1, 0.15) is 11.8 Å². The van der Waals surface area contributed by atoms with E-state index in [-0.39, 0.29) is 38.0 Å². The highest BCUT2D eigenvalue weighted by Crippen LogP contribution is 2.33. The fraction of sp³-hybridized carbons (Fsp3) is 0.286. The van der Waals surface area contributed by atoms with Crippen LogP contribution < -0.4 is 24.8 Å². The van der Waals surface area contributed by atoms with Gasteiger partial charge >= 0.3 is 6.03 Å². The minimum atomic E-state index is -0.741. The molecule has 1 atom stereocenters. The van der Waals surface area contributed by atoms with Crippen molar-refractivity contribution >= 4 is 23.5 Å². The molecule has 4 amide bonds. The lowest BCUT2D eigenvalue weighted by atomic mass is 10.1. The second kappa shape index (κ2) is 8.32. The molecule has 0 aliphatic carbocycles. The van der Waals surface area contributed by atoms with Gasteiger partial charge in [-0.15, -0.1) is 0 Å². The van der Waals surface area contributed by atoms with Crippen molar-refractivity contribution in [2.45, 2.75) is 25.4 Å². The van der Waals surface area contributed by atoms with Gasteiger partial charge in [-0.05, 0) is 36.2 Å². The van der Waals surface area contributed by atoms with E-state index >= 15 is 0 Å². The molecular weight excluding hydrogens is 390 g/mol. The standard InChI is InChI=1S/C21H21N3O6/c1-28-16-5-3-2-4-14(16)22-19(25)9-7-15-20(26)24(21(27)23-15)11-13-6-8-17-18(10-13)30-12-29-17/h2-6,8,10,15H,7,9,11-12H2,1H3,(H,22,25)(H,23,27)/t15-/m1/s1. The van der Waals surface area contributed by atoms with E-state index < -0.39 is 12.1 Å². The number of amides is 4. The third kappa shape index (κ3) is 4.00. The minimum Gasteiger partial charge on any atom is -0.495 e. The number of carbonyl (C=O) groups excluding carboxylic acids is 3. The molecule has 2 heterocycles. The van der Waals surface area contributed by atoms with Crippen LogP contribution in [0, 0.1) is 0 Å². The molecule has 2 aromatic rings. The summed E-state index contributed by atoms with van der Waals surface area (Å²) in [5.74, 6) is 1.14. The van der Waals surface area contributed by atoms with E-state index in [0.29, 0.717) is 22.9 Å². The third-order valence-corrected chi connectivity index (χ3v) is 4.93. The van der Waals surface area contributed by atoms with Crippen molar-refractivity contribution in [3.8, 4) is 17.2 Å². The number of carbonyl (C=O) groups is 3. The van der Waals surface area contributed by atoms with Crippen molar-refractivity contribution in [1.82, 2.24) is 10.2 Å². The zero-order valence-corrected chi connectivity index (χ0v) is 16.3. The maximum absolute atomic E-state index is 12.7. The van der Waals surface area contributed by atoms with Crippen molar-refractivity contribution in [2.75, 3.05) is 19.2 Å². The Hall–Kier alpha value is -3.75. The smallest absolute Gasteiger partial charge is 0.325 e. The molecule has 4 rings (SSSR count). The quantitative estimate of drug-likeness (QED) is 0.677. The summed E-state index contributed by atoms with van der Waals surface area (Å²) in [6.07, 6.45) is 0.274. The number of urea groups is 1. The van der Waals surface area contributed by atoms with E-state index in [0.717, 1.165) is 10.5 Å². The van der Waals surface area contributed by atoms with Crippen molar-refractivity contribution in [1.29, 1.82) is 0 Å². The Labute approximate surface area is 172 Å². The van der Waals surface area contributed by atoms with E-state index in [1.165, 1.54) is 7.11 Å². The number of hydrogen-bond acceptors (Lipinski definition) is 6. The Morgan fingerprint density at radius 2 is 2.00 bits per heavy atom. The van der Waals surface area contributed by atoms with Crippen molar-refractivity contribution in [3.63, 3.8) is 0 Å². The van der Waals surface area contributed by atoms with E-state index in [2.05, 4.69) is 10.6 Å². The SMILES string of the molecule is COc1ccccc1NC(=O)CC[C@H]1NC(=O)N(Cc2ccc3c(c2)OCO3)C1=O. The molecule has 1 saturated heterocycles. The lowest BCUT2D eigenvalue weighted by Gasteiger charge is -2.14. The number of para-hydroxylation sites is 2. The number of benzene rings is 2. The summed E-state index contributed by atoms with van der Waals surface area (Å²) in [4.78, 5) is 38.3. The number of methoxy groups -OCH3 is 1. The number of imide groups is 1. The second-order valence-corrected chi connectivity index (χ2v) is 6.90. The highest BCUT2D eigenvalue weighted by molar-refractivity contribution is 6.04. The molecule has 0 spiro atoms. The Balaban J connectivity index is 1.33. The molecule has 9 nitrogen and oxygen atoms in total. The van der Waals surface area contributed by atoms with E-state index in [1.54, 1.807) is 42.5 Å². The molecule has 2 aliphatic heterocycles. The number of anilines is 1. The molecule has 0 saturated carbocycles. The molecule has 9 heteroatoms. The van der Waals surface area contributed by atoms with Crippen LogP contribution in [-0.2, 0) is 16.1 Å². The van der Waals surface area contributed by atoms with Crippen LogP contribution in [0.2, 0.25) is 0 Å². The van der Waals surface area contributed by atoms with Crippen LogP contribution in [0.15, 0.2) is 42.5 Å². The van der Waals surface area contributed by atoms with E-state index in [4.69, 9.17) is 14.2 Å². The van der Waals surface area contributed by atoms with Crippen LogP contribution in [0.4, 0.5) is 10.5 Å². The molecule has 0 bridgehead atoms. The van der Waals surface area contributed by atoms with Gasteiger partial charge in [0.25, 0.3) is 5.91 Å². The number of fused-ring (bicyclic) bond motifs is 1. The lowest BCUT2D eigenvalue weighted by Crippen LogP contribution is -2.31. The summed E-state index contributed by atoms with van der Waals surface area (Å²) in [5.41, 5.74) is 1.30. The van der Waals surface area contributed by atoms with Gasteiger partial charge in [0.05, 0.1) is 19.3 Å². The lowest BCUT2D eigenvalue weighted by molar-refractivity contribution is -0.128. The molecule has 1 fully saturated rings. The average molecular weight is 411 g/mol. The Kier molecular flexibility index (Phi) is 5.42. The second-order valence-electron chi connectivity index (χ2n) is 6.90. The van der Waals surface area contributed by atoms with Gasteiger partial charge in [0.15, 0.2) is 11.5 Å². The molecular formula is C21H21N3O6. The van der Waals surface area contributed by atoms with Crippen molar-refractivity contribution in [2.24, 2.45) is 0 Å². The first-order valence-electron chi connectivity index (χ1n) is 9.48. The first-order chi connectivity index (χ1) is 14.5. The normalized spacial score (nSPS) is 17.1. The van der Waals surface area contributed by atoms with Crippen molar-refractivity contribution < 1.29 is 28.6 Å². The summed E-state index contributed by atoms with van der Waals surface area (Å²) in [6, 6.07) is 11.1.